The van der Waals surface area contributed by atoms with Crippen molar-refractivity contribution in [3.63, 3.8) is 0 Å². The molecule has 1 rings (SSSR count). The molecule has 4 heteroatoms. The number of halogens is 1. The zero-order valence-corrected chi connectivity index (χ0v) is 11.1. The summed E-state index contributed by atoms with van der Waals surface area (Å²) < 4.78 is 0. The summed E-state index contributed by atoms with van der Waals surface area (Å²) in [4.78, 5) is 0. The summed E-state index contributed by atoms with van der Waals surface area (Å²) in [6.45, 7) is 2.65. The standard InChI is InChI=1S/C13H23N3.ClH/c14-9-8-13(15)7-4-10-16-11-12-5-2-1-3-6-12;/h1-3,5-6,13,16H,4,7-11,14-15H2;1H. The molecule has 0 saturated carbocycles. The Hall–Kier alpha value is -0.610. The molecule has 0 heterocycles. The lowest BCUT2D eigenvalue weighted by Gasteiger charge is -2.10. The van der Waals surface area contributed by atoms with Gasteiger partial charge in [-0.2, -0.15) is 0 Å². The van der Waals surface area contributed by atoms with E-state index >= 15 is 0 Å². The van der Waals surface area contributed by atoms with E-state index in [0.29, 0.717) is 6.54 Å². The minimum Gasteiger partial charge on any atom is -0.330 e. The number of hydrogen-bond acceptors (Lipinski definition) is 3. The SMILES string of the molecule is Cl.NCCC(N)CCCNCc1ccccc1. The Morgan fingerprint density at radius 2 is 1.82 bits per heavy atom. The lowest BCUT2D eigenvalue weighted by Crippen LogP contribution is -2.25. The summed E-state index contributed by atoms with van der Waals surface area (Å²) in [6.07, 6.45) is 3.10. The predicted octanol–water partition coefficient (Wildman–Crippen LogP) is 1.65. The van der Waals surface area contributed by atoms with E-state index in [9.17, 15) is 0 Å². The fourth-order valence-corrected chi connectivity index (χ4v) is 1.68. The number of benzene rings is 1. The van der Waals surface area contributed by atoms with Crippen molar-refractivity contribution >= 4 is 12.4 Å². The van der Waals surface area contributed by atoms with Gasteiger partial charge in [0.15, 0.2) is 0 Å². The van der Waals surface area contributed by atoms with Crippen LogP contribution in [0.5, 0.6) is 0 Å². The minimum atomic E-state index is 0. The predicted molar refractivity (Wildman–Crippen MR) is 76.3 cm³/mol. The first kappa shape index (κ1) is 16.4. The maximum Gasteiger partial charge on any atom is 0.0205 e. The summed E-state index contributed by atoms with van der Waals surface area (Å²) >= 11 is 0. The monoisotopic (exact) mass is 257 g/mol. The quantitative estimate of drug-likeness (QED) is 0.621. The maximum absolute atomic E-state index is 5.87. The molecule has 3 nitrogen and oxygen atoms in total. The number of hydrogen-bond donors (Lipinski definition) is 3. The summed E-state index contributed by atoms with van der Waals surface area (Å²) in [7, 11) is 0. The van der Waals surface area contributed by atoms with Gasteiger partial charge in [0.1, 0.15) is 0 Å². The van der Waals surface area contributed by atoms with Crippen LogP contribution in [0.25, 0.3) is 0 Å². The highest BCUT2D eigenvalue weighted by atomic mass is 35.5. The van der Waals surface area contributed by atoms with Crippen LogP contribution in [0.4, 0.5) is 0 Å². The third kappa shape index (κ3) is 8.16. The second kappa shape index (κ2) is 10.5. The minimum absolute atomic E-state index is 0. The molecule has 0 aliphatic heterocycles. The van der Waals surface area contributed by atoms with Crippen LogP contribution < -0.4 is 16.8 Å². The van der Waals surface area contributed by atoms with Gasteiger partial charge in [0.25, 0.3) is 0 Å². The van der Waals surface area contributed by atoms with E-state index < -0.39 is 0 Å². The molecule has 5 N–H and O–H groups in total. The van der Waals surface area contributed by atoms with Gasteiger partial charge in [-0.1, -0.05) is 30.3 Å². The zero-order chi connectivity index (χ0) is 11.6. The molecule has 1 aromatic carbocycles. The lowest BCUT2D eigenvalue weighted by atomic mass is 10.1. The van der Waals surface area contributed by atoms with Gasteiger partial charge in [0.2, 0.25) is 0 Å². The molecule has 0 amide bonds. The van der Waals surface area contributed by atoms with Crippen LogP contribution >= 0.6 is 12.4 Å². The summed E-state index contributed by atoms with van der Waals surface area (Å²) in [5.74, 6) is 0. The topological polar surface area (TPSA) is 64.1 Å². The Morgan fingerprint density at radius 1 is 1.12 bits per heavy atom. The molecular formula is C13H24ClN3. The van der Waals surface area contributed by atoms with Crippen molar-refractivity contribution in [3.05, 3.63) is 35.9 Å². The molecule has 0 radical (unpaired) electrons. The highest BCUT2D eigenvalue weighted by molar-refractivity contribution is 5.85. The van der Waals surface area contributed by atoms with Gasteiger partial charge < -0.3 is 16.8 Å². The first-order chi connectivity index (χ1) is 7.83. The van der Waals surface area contributed by atoms with E-state index in [1.807, 2.05) is 6.07 Å². The molecule has 0 aromatic heterocycles. The molecule has 0 aliphatic rings. The fourth-order valence-electron chi connectivity index (χ4n) is 1.68. The van der Waals surface area contributed by atoms with Gasteiger partial charge in [-0.05, 0) is 37.9 Å². The van der Waals surface area contributed by atoms with Crippen molar-refractivity contribution in [3.8, 4) is 0 Å². The average Bonchev–Trinajstić information content (AvgIpc) is 2.30. The van der Waals surface area contributed by atoms with E-state index in [-0.39, 0.29) is 18.4 Å². The van der Waals surface area contributed by atoms with E-state index in [4.69, 9.17) is 11.5 Å². The van der Waals surface area contributed by atoms with E-state index in [1.54, 1.807) is 0 Å². The Bertz CT molecular complexity index is 267. The summed E-state index contributed by atoms with van der Waals surface area (Å²) in [5.41, 5.74) is 12.6. The highest BCUT2D eigenvalue weighted by Crippen LogP contribution is 1.99. The molecule has 1 atom stereocenters. The smallest absolute Gasteiger partial charge is 0.0205 e. The van der Waals surface area contributed by atoms with E-state index in [1.165, 1.54) is 5.56 Å². The number of nitrogens with one attached hydrogen (secondary N) is 1. The van der Waals surface area contributed by atoms with Crippen molar-refractivity contribution < 1.29 is 0 Å². The van der Waals surface area contributed by atoms with Crippen LogP contribution in [-0.4, -0.2) is 19.1 Å². The van der Waals surface area contributed by atoms with Crippen molar-refractivity contribution in [1.82, 2.24) is 5.32 Å². The zero-order valence-electron chi connectivity index (χ0n) is 10.3. The average molecular weight is 258 g/mol. The fraction of sp³-hybridized carbons (Fsp3) is 0.538. The first-order valence-electron chi connectivity index (χ1n) is 6.03. The highest BCUT2D eigenvalue weighted by Gasteiger charge is 1.99. The van der Waals surface area contributed by atoms with Crippen molar-refractivity contribution in [2.24, 2.45) is 11.5 Å². The second-order valence-electron chi connectivity index (χ2n) is 4.14. The van der Waals surface area contributed by atoms with E-state index in [0.717, 1.165) is 32.4 Å². The van der Waals surface area contributed by atoms with E-state index in [2.05, 4.69) is 29.6 Å². The van der Waals surface area contributed by atoms with Crippen LogP contribution in [0, 0.1) is 0 Å². The van der Waals surface area contributed by atoms with Crippen LogP contribution in [0.3, 0.4) is 0 Å². The molecule has 0 bridgehead atoms. The molecule has 1 unspecified atom stereocenters. The van der Waals surface area contributed by atoms with Gasteiger partial charge in [-0.15, -0.1) is 12.4 Å². The maximum atomic E-state index is 5.87. The van der Waals surface area contributed by atoms with Crippen LogP contribution in [-0.2, 0) is 6.54 Å². The van der Waals surface area contributed by atoms with Crippen LogP contribution in [0.2, 0.25) is 0 Å². The molecular weight excluding hydrogens is 234 g/mol. The Labute approximate surface area is 110 Å². The third-order valence-corrected chi connectivity index (χ3v) is 2.64. The summed E-state index contributed by atoms with van der Waals surface area (Å²) in [6, 6.07) is 10.7. The Morgan fingerprint density at radius 3 is 2.47 bits per heavy atom. The number of rotatable bonds is 8. The summed E-state index contributed by atoms with van der Waals surface area (Å²) in [5, 5.41) is 3.41. The third-order valence-electron chi connectivity index (χ3n) is 2.64. The molecule has 0 fully saturated rings. The van der Waals surface area contributed by atoms with Gasteiger partial charge >= 0.3 is 0 Å². The Kier molecular flexibility index (Phi) is 10.2. The van der Waals surface area contributed by atoms with Gasteiger partial charge in [0.05, 0.1) is 0 Å². The van der Waals surface area contributed by atoms with Gasteiger partial charge in [0, 0.05) is 12.6 Å². The molecule has 0 aliphatic carbocycles. The first-order valence-corrected chi connectivity index (χ1v) is 6.03. The van der Waals surface area contributed by atoms with Crippen LogP contribution in [0.15, 0.2) is 30.3 Å². The largest absolute Gasteiger partial charge is 0.330 e. The molecule has 0 saturated heterocycles. The molecule has 98 valence electrons. The van der Waals surface area contributed by atoms with Crippen molar-refractivity contribution in [2.45, 2.75) is 31.8 Å². The van der Waals surface area contributed by atoms with Gasteiger partial charge in [-0.3, -0.25) is 0 Å². The Balaban J connectivity index is 0.00000256. The molecule has 1 aromatic rings. The second-order valence-corrected chi connectivity index (χ2v) is 4.14. The molecule has 0 spiro atoms. The van der Waals surface area contributed by atoms with Crippen molar-refractivity contribution in [2.75, 3.05) is 13.1 Å². The van der Waals surface area contributed by atoms with Crippen LogP contribution in [0.1, 0.15) is 24.8 Å². The number of nitrogens with two attached hydrogens (primary N) is 2. The molecule has 17 heavy (non-hydrogen) atoms. The normalized spacial score (nSPS) is 11.9. The van der Waals surface area contributed by atoms with Gasteiger partial charge in [-0.25, -0.2) is 0 Å². The van der Waals surface area contributed by atoms with Crippen molar-refractivity contribution in [1.29, 1.82) is 0 Å². The lowest BCUT2D eigenvalue weighted by molar-refractivity contribution is 0.528.